The Bertz CT molecular complexity index is 1190. The molecule has 68 heavy (non-hydrogen) atoms. The lowest BCUT2D eigenvalue weighted by Gasteiger charge is -2.18. The second kappa shape index (κ2) is 57.0. The van der Waals surface area contributed by atoms with E-state index >= 15 is 0 Å². The number of unbranched alkanes of at least 4 members (excludes halogenated alkanes) is 35. The van der Waals surface area contributed by atoms with Crippen molar-refractivity contribution in [3.8, 4) is 0 Å². The van der Waals surface area contributed by atoms with Crippen LogP contribution in [-0.2, 0) is 28.6 Å². The Morgan fingerprint density at radius 1 is 0.294 bits per heavy atom. The van der Waals surface area contributed by atoms with Gasteiger partial charge in [-0.15, -0.1) is 0 Å². The molecule has 1 unspecified atom stereocenters. The van der Waals surface area contributed by atoms with Crippen molar-refractivity contribution in [2.24, 2.45) is 0 Å². The topological polar surface area (TPSA) is 78.9 Å². The van der Waals surface area contributed by atoms with Crippen molar-refractivity contribution in [1.82, 2.24) is 0 Å². The third kappa shape index (κ3) is 54.3. The molecule has 1 atom stereocenters. The monoisotopic (exact) mass is 953 g/mol. The molecule has 0 aliphatic carbocycles. The van der Waals surface area contributed by atoms with Crippen molar-refractivity contribution in [3.05, 3.63) is 48.6 Å². The molecule has 0 aromatic rings. The molecular formula is C62H112O6. The van der Waals surface area contributed by atoms with E-state index in [4.69, 9.17) is 14.2 Å². The molecule has 0 spiro atoms. The van der Waals surface area contributed by atoms with E-state index < -0.39 is 6.10 Å². The standard InChI is InChI=1S/C62H112O6/c1-4-7-10-13-16-19-22-25-27-28-29-30-31-32-33-34-36-37-40-43-46-49-52-55-61(64)67-58-59(57-66-60(63)54-51-48-45-42-39-24-21-18-15-12-9-6-3)68-62(65)56-53-50-47-44-41-38-35-26-23-20-17-14-11-8-5-2/h18,21-22,25-26,28-29,35,59H,4-17,19-20,23-24,27,30-34,36-58H2,1-3H3/b21-18-,25-22-,29-28-,35-26-. The minimum absolute atomic E-state index is 0.0784. The van der Waals surface area contributed by atoms with Crippen molar-refractivity contribution in [2.75, 3.05) is 13.2 Å². The second-order valence-corrected chi connectivity index (χ2v) is 19.9. The number of carbonyl (C=O) groups excluding carboxylic acids is 3. The number of allylic oxidation sites excluding steroid dienone is 8. The average Bonchev–Trinajstić information content (AvgIpc) is 3.34. The van der Waals surface area contributed by atoms with Gasteiger partial charge in [-0.05, 0) is 103 Å². The van der Waals surface area contributed by atoms with Crippen molar-refractivity contribution in [3.63, 3.8) is 0 Å². The number of hydrogen-bond acceptors (Lipinski definition) is 6. The quantitative estimate of drug-likeness (QED) is 0.0262. The number of hydrogen-bond donors (Lipinski definition) is 0. The first-order chi connectivity index (χ1) is 33.5. The van der Waals surface area contributed by atoms with Gasteiger partial charge in [-0.1, -0.05) is 236 Å². The highest BCUT2D eigenvalue weighted by molar-refractivity contribution is 5.71. The summed E-state index contributed by atoms with van der Waals surface area (Å²) in [6.45, 7) is 6.61. The fourth-order valence-electron chi connectivity index (χ4n) is 8.52. The van der Waals surface area contributed by atoms with E-state index in [9.17, 15) is 14.4 Å². The van der Waals surface area contributed by atoms with Gasteiger partial charge in [0.1, 0.15) is 13.2 Å². The van der Waals surface area contributed by atoms with E-state index in [1.54, 1.807) is 0 Å². The summed E-state index contributed by atoms with van der Waals surface area (Å²) >= 11 is 0. The summed E-state index contributed by atoms with van der Waals surface area (Å²) < 4.78 is 16.9. The van der Waals surface area contributed by atoms with Crippen LogP contribution in [0.1, 0.15) is 310 Å². The minimum atomic E-state index is -0.780. The summed E-state index contributed by atoms with van der Waals surface area (Å²) in [6.07, 6.45) is 69.6. The highest BCUT2D eigenvalue weighted by Gasteiger charge is 2.19. The summed E-state index contributed by atoms with van der Waals surface area (Å²) in [5.74, 6) is -0.885. The van der Waals surface area contributed by atoms with E-state index in [2.05, 4.69) is 69.4 Å². The predicted octanol–water partition coefficient (Wildman–Crippen LogP) is 19.8. The molecule has 0 saturated heterocycles. The van der Waals surface area contributed by atoms with Crippen LogP contribution < -0.4 is 0 Å². The lowest BCUT2D eigenvalue weighted by Crippen LogP contribution is -2.30. The van der Waals surface area contributed by atoms with Gasteiger partial charge in [0.2, 0.25) is 0 Å². The summed E-state index contributed by atoms with van der Waals surface area (Å²) in [5.41, 5.74) is 0. The molecule has 396 valence electrons. The van der Waals surface area contributed by atoms with E-state index in [1.165, 1.54) is 186 Å². The van der Waals surface area contributed by atoms with Crippen LogP contribution in [-0.4, -0.2) is 37.2 Å². The number of rotatable bonds is 54. The van der Waals surface area contributed by atoms with E-state index in [0.717, 1.165) is 83.5 Å². The molecule has 0 radical (unpaired) electrons. The first-order valence-electron chi connectivity index (χ1n) is 29.6. The van der Waals surface area contributed by atoms with Gasteiger partial charge in [0.15, 0.2) is 6.10 Å². The molecule has 6 heteroatoms. The van der Waals surface area contributed by atoms with Crippen LogP contribution in [0.4, 0.5) is 0 Å². The third-order valence-corrected chi connectivity index (χ3v) is 13.0. The highest BCUT2D eigenvalue weighted by Crippen LogP contribution is 2.16. The lowest BCUT2D eigenvalue weighted by atomic mass is 10.0. The van der Waals surface area contributed by atoms with Gasteiger partial charge in [0.25, 0.3) is 0 Å². The van der Waals surface area contributed by atoms with Gasteiger partial charge in [0, 0.05) is 19.3 Å². The first-order valence-corrected chi connectivity index (χ1v) is 29.6. The summed E-state index contributed by atoms with van der Waals surface area (Å²) in [4.78, 5) is 38.1. The van der Waals surface area contributed by atoms with Crippen LogP contribution in [0.2, 0.25) is 0 Å². The van der Waals surface area contributed by atoms with Crippen LogP contribution in [0.5, 0.6) is 0 Å². The third-order valence-electron chi connectivity index (χ3n) is 13.0. The Balaban J connectivity index is 4.29. The van der Waals surface area contributed by atoms with Crippen molar-refractivity contribution < 1.29 is 28.6 Å². The summed E-state index contributed by atoms with van der Waals surface area (Å²) in [7, 11) is 0. The van der Waals surface area contributed by atoms with Gasteiger partial charge >= 0.3 is 17.9 Å². The molecule has 0 aliphatic heterocycles. The van der Waals surface area contributed by atoms with Crippen molar-refractivity contribution in [2.45, 2.75) is 316 Å². The maximum Gasteiger partial charge on any atom is 0.306 e. The largest absolute Gasteiger partial charge is 0.462 e. The molecule has 6 nitrogen and oxygen atoms in total. The number of esters is 3. The summed E-state index contributed by atoms with van der Waals surface area (Å²) in [5, 5.41) is 0. The molecule has 0 N–H and O–H groups in total. The molecule has 0 bridgehead atoms. The van der Waals surface area contributed by atoms with Crippen LogP contribution >= 0.6 is 0 Å². The number of ether oxygens (including phenoxy) is 3. The maximum atomic E-state index is 12.8. The Labute approximate surface area is 422 Å². The molecule has 0 saturated carbocycles. The molecule has 0 fully saturated rings. The van der Waals surface area contributed by atoms with Crippen LogP contribution in [0.3, 0.4) is 0 Å². The zero-order chi connectivity index (χ0) is 49.3. The molecule has 0 aromatic carbocycles. The summed E-state index contributed by atoms with van der Waals surface area (Å²) in [6, 6.07) is 0. The molecule has 0 amide bonds. The van der Waals surface area contributed by atoms with Gasteiger partial charge < -0.3 is 14.2 Å². The van der Waals surface area contributed by atoms with Gasteiger partial charge in [-0.2, -0.15) is 0 Å². The van der Waals surface area contributed by atoms with Crippen molar-refractivity contribution in [1.29, 1.82) is 0 Å². The zero-order valence-electron chi connectivity index (χ0n) is 45.4. The Morgan fingerprint density at radius 2 is 0.529 bits per heavy atom. The van der Waals surface area contributed by atoms with Gasteiger partial charge in [-0.25, -0.2) is 0 Å². The fraction of sp³-hybridized carbons (Fsp3) is 0.823. The normalized spacial score (nSPS) is 12.3. The minimum Gasteiger partial charge on any atom is -0.462 e. The van der Waals surface area contributed by atoms with E-state index in [1.807, 2.05) is 0 Å². The van der Waals surface area contributed by atoms with E-state index in [-0.39, 0.29) is 31.1 Å². The highest BCUT2D eigenvalue weighted by atomic mass is 16.6. The van der Waals surface area contributed by atoms with E-state index in [0.29, 0.717) is 19.3 Å². The van der Waals surface area contributed by atoms with Gasteiger partial charge in [-0.3, -0.25) is 14.4 Å². The average molecular weight is 954 g/mol. The zero-order valence-corrected chi connectivity index (χ0v) is 45.4. The smallest absolute Gasteiger partial charge is 0.306 e. The molecular weight excluding hydrogens is 841 g/mol. The van der Waals surface area contributed by atoms with Gasteiger partial charge in [0.05, 0.1) is 0 Å². The molecule has 0 heterocycles. The second-order valence-electron chi connectivity index (χ2n) is 19.9. The molecule has 0 aromatic heterocycles. The first kappa shape index (κ1) is 65.4. The number of carbonyl (C=O) groups is 3. The SMILES string of the molecule is CCCCC/C=C\CCCCCCCC(=O)OCC(COC(=O)CCCCCCCCCCCCC/C=C\C/C=C\CCCCCCC)OC(=O)CCCCCCC/C=C\CCCCCCCC. The predicted molar refractivity (Wildman–Crippen MR) is 293 cm³/mol. The Morgan fingerprint density at radius 3 is 0.853 bits per heavy atom. The fourth-order valence-corrected chi connectivity index (χ4v) is 8.52. The molecule has 0 aliphatic rings. The maximum absolute atomic E-state index is 12.8. The Kier molecular flexibility index (Phi) is 54.8. The van der Waals surface area contributed by atoms with Crippen LogP contribution in [0.25, 0.3) is 0 Å². The van der Waals surface area contributed by atoms with Crippen molar-refractivity contribution >= 4 is 17.9 Å². The van der Waals surface area contributed by atoms with Crippen LogP contribution in [0, 0.1) is 0 Å². The van der Waals surface area contributed by atoms with Crippen LogP contribution in [0.15, 0.2) is 48.6 Å². The Hall–Kier alpha value is -2.63. The molecule has 0 rings (SSSR count). The lowest BCUT2D eigenvalue weighted by molar-refractivity contribution is -0.167.